The average molecular weight is 628 g/mol. The van der Waals surface area contributed by atoms with Crippen LogP contribution in [-0.4, -0.2) is 70.6 Å². The summed E-state index contributed by atoms with van der Waals surface area (Å²) >= 11 is 0. The smallest absolute Gasteiger partial charge is 0.546 e. The largest absolute Gasteiger partial charge is 1.00 e. The van der Waals surface area contributed by atoms with Gasteiger partial charge in [0, 0.05) is 37.6 Å². The van der Waals surface area contributed by atoms with Gasteiger partial charge >= 0.3 is 35.5 Å². The van der Waals surface area contributed by atoms with Crippen molar-refractivity contribution in [2.24, 2.45) is 5.92 Å². The summed E-state index contributed by atoms with van der Waals surface area (Å²) in [7, 11) is 4.64. The Balaban J connectivity index is 0.00000461. The summed E-state index contributed by atoms with van der Waals surface area (Å²) in [5.41, 5.74) is 2.91. The number of rotatable bonds is 12. The number of esters is 1. The van der Waals surface area contributed by atoms with Crippen molar-refractivity contribution in [3.05, 3.63) is 76.9 Å². The predicted octanol–water partition coefficient (Wildman–Crippen LogP) is -0.130. The molecule has 0 spiro atoms. The molecule has 3 aromatic rings. The van der Waals surface area contributed by atoms with E-state index >= 15 is 0 Å². The van der Waals surface area contributed by atoms with Gasteiger partial charge in [-0.2, -0.15) is 0 Å². The number of carbonyl (C=O) groups is 3. The number of amides is 1. The minimum absolute atomic E-state index is 0. The van der Waals surface area contributed by atoms with Gasteiger partial charge in [0.05, 0.1) is 25.6 Å². The molecular formula is C33H34NNaO10. The molecule has 12 heteroatoms. The Morgan fingerprint density at radius 1 is 0.867 bits per heavy atom. The molecule has 11 nitrogen and oxygen atoms in total. The molecule has 232 valence electrons. The number of fused-ring (bicyclic) bond motifs is 2. The number of ether oxygens (including phenoxy) is 6. The fraction of sp³-hybridized carbons (Fsp3) is 0.364. The van der Waals surface area contributed by atoms with Gasteiger partial charge in [-0.25, -0.2) is 0 Å². The van der Waals surface area contributed by atoms with Crippen molar-refractivity contribution in [3.8, 4) is 28.7 Å². The number of methoxy groups -OCH3 is 1. The van der Waals surface area contributed by atoms with Crippen molar-refractivity contribution < 1.29 is 77.5 Å². The number of hydrogen-bond donors (Lipinski definition) is 0. The third kappa shape index (κ3) is 7.32. The second-order valence-corrected chi connectivity index (χ2v) is 10.7. The Morgan fingerprint density at radius 2 is 1.60 bits per heavy atom. The van der Waals surface area contributed by atoms with Crippen molar-refractivity contribution in [3.63, 3.8) is 0 Å². The molecule has 0 saturated carbocycles. The fourth-order valence-corrected chi connectivity index (χ4v) is 5.64. The van der Waals surface area contributed by atoms with Gasteiger partial charge in [-0.3, -0.25) is 9.59 Å². The van der Waals surface area contributed by atoms with Crippen molar-refractivity contribution >= 4 is 17.8 Å². The van der Waals surface area contributed by atoms with Crippen LogP contribution in [0.3, 0.4) is 0 Å². The maximum atomic E-state index is 14.1. The summed E-state index contributed by atoms with van der Waals surface area (Å²) in [5.74, 6) is -2.10. The van der Waals surface area contributed by atoms with Crippen LogP contribution < -0.4 is 58.3 Å². The number of hydrogen-bond acceptors (Lipinski definition) is 10. The number of carbonyl (C=O) groups excluding carboxylic acids is 3. The summed E-state index contributed by atoms with van der Waals surface area (Å²) in [6.07, 6.45) is 0.800. The van der Waals surface area contributed by atoms with Crippen LogP contribution in [0.5, 0.6) is 28.7 Å². The average Bonchev–Trinajstić information content (AvgIpc) is 3.63. The zero-order valence-corrected chi connectivity index (χ0v) is 28.0. The molecule has 0 radical (unpaired) electrons. The zero-order valence-electron chi connectivity index (χ0n) is 26.0. The van der Waals surface area contributed by atoms with Crippen molar-refractivity contribution in [2.75, 3.05) is 47.8 Å². The number of likely N-dealkylation sites (N-methyl/N-ethyl adjacent to an activating group) is 1. The van der Waals surface area contributed by atoms with Gasteiger partial charge in [0.2, 0.25) is 6.79 Å². The molecule has 0 aromatic heterocycles. The van der Waals surface area contributed by atoms with Crippen molar-refractivity contribution in [2.45, 2.75) is 25.2 Å². The summed E-state index contributed by atoms with van der Waals surface area (Å²) in [6.45, 7) is 1.43. The molecule has 1 amide bonds. The van der Waals surface area contributed by atoms with Gasteiger partial charge in [0.15, 0.2) is 18.1 Å². The van der Waals surface area contributed by atoms with E-state index in [2.05, 4.69) is 0 Å². The zero-order chi connectivity index (χ0) is 31.4. The molecule has 3 atom stereocenters. The summed E-state index contributed by atoms with van der Waals surface area (Å²) in [5, 5.41) is 11.4. The minimum Gasteiger partial charge on any atom is -0.546 e. The molecular weight excluding hydrogens is 593 g/mol. The first-order valence-corrected chi connectivity index (χ1v) is 14.2. The number of carboxylic acid groups (broad SMARTS) is 1. The van der Waals surface area contributed by atoms with Gasteiger partial charge in [0.1, 0.15) is 23.9 Å². The monoisotopic (exact) mass is 627 g/mol. The van der Waals surface area contributed by atoms with Crippen LogP contribution in [0, 0.1) is 5.92 Å². The Kier molecular flexibility index (Phi) is 11.2. The summed E-state index contributed by atoms with van der Waals surface area (Å²) < 4.78 is 33.9. The van der Waals surface area contributed by atoms with E-state index in [0.717, 1.165) is 23.1 Å². The summed E-state index contributed by atoms with van der Waals surface area (Å²) in [6, 6.07) is 16.2. The number of aliphatic carboxylic acids is 1. The molecule has 0 saturated heterocycles. The van der Waals surface area contributed by atoms with E-state index in [1.54, 1.807) is 38.4 Å². The fourth-order valence-electron chi connectivity index (χ4n) is 5.64. The van der Waals surface area contributed by atoms with Crippen LogP contribution in [0.1, 0.15) is 47.4 Å². The molecule has 0 N–H and O–H groups in total. The standard InChI is InChI=1S/C33H35NO10.Na/c1-5-12-40-21-8-9-22-24(14-21)31(23-10-7-20(39-4)15-26(23)41-17-29(36)37)32(33(38)42-16-28(35)34(2)3)30(22)19-6-11-25-27(13-19)44-18-43-25;/h6-11,13-15,30-32H,5,12,16-18H2,1-4H3,(H,36,37);/q;+1/p-1. The quantitative estimate of drug-likeness (QED) is 0.198. The van der Waals surface area contributed by atoms with E-state index in [-0.39, 0.29) is 48.0 Å². The molecule has 5 rings (SSSR count). The molecule has 1 aliphatic heterocycles. The molecule has 1 heterocycles. The van der Waals surface area contributed by atoms with Crippen LogP contribution in [0.25, 0.3) is 0 Å². The Morgan fingerprint density at radius 3 is 2.31 bits per heavy atom. The second-order valence-electron chi connectivity index (χ2n) is 10.7. The number of nitrogens with zero attached hydrogens (tertiary/aromatic N) is 1. The van der Waals surface area contributed by atoms with Crippen LogP contribution in [0.4, 0.5) is 0 Å². The first-order valence-electron chi connectivity index (χ1n) is 14.2. The van der Waals surface area contributed by atoms with Crippen molar-refractivity contribution in [1.82, 2.24) is 4.90 Å². The van der Waals surface area contributed by atoms with Gasteiger partial charge in [0.25, 0.3) is 5.91 Å². The SMILES string of the molecule is CCCOc1ccc2c(c1)C(c1ccc(OC)cc1OCC(=O)[O-])C(C(=O)OCC(=O)N(C)C)C2c1ccc2c(c1)OCO2.[Na+]. The summed E-state index contributed by atoms with van der Waals surface area (Å²) in [4.78, 5) is 39.3. The Bertz CT molecular complexity index is 1560. The van der Waals surface area contributed by atoms with E-state index in [4.69, 9.17) is 28.4 Å². The first-order chi connectivity index (χ1) is 21.2. The number of benzene rings is 3. The third-order valence-corrected chi connectivity index (χ3v) is 7.69. The normalized spacial score (nSPS) is 17.5. The molecule has 2 aliphatic rings. The van der Waals surface area contributed by atoms with E-state index in [0.29, 0.717) is 35.2 Å². The molecule has 0 bridgehead atoms. The molecule has 0 fully saturated rings. The van der Waals surface area contributed by atoms with Gasteiger partial charge in [-0.1, -0.05) is 25.1 Å². The minimum atomic E-state index is -1.41. The predicted molar refractivity (Wildman–Crippen MR) is 155 cm³/mol. The van der Waals surface area contributed by atoms with E-state index in [1.165, 1.54) is 12.0 Å². The number of carboxylic acids is 1. The van der Waals surface area contributed by atoms with Crippen LogP contribution in [0.15, 0.2) is 54.6 Å². The van der Waals surface area contributed by atoms with Crippen LogP contribution in [0.2, 0.25) is 0 Å². The van der Waals surface area contributed by atoms with E-state index in [1.807, 2.05) is 37.3 Å². The van der Waals surface area contributed by atoms with Gasteiger partial charge in [-0.15, -0.1) is 0 Å². The van der Waals surface area contributed by atoms with Crippen LogP contribution >= 0.6 is 0 Å². The van der Waals surface area contributed by atoms with E-state index in [9.17, 15) is 19.5 Å². The molecule has 45 heavy (non-hydrogen) atoms. The molecule has 1 aliphatic carbocycles. The maximum absolute atomic E-state index is 14.1. The van der Waals surface area contributed by atoms with Crippen molar-refractivity contribution in [1.29, 1.82) is 0 Å². The maximum Gasteiger partial charge on any atom is 1.00 e. The van der Waals surface area contributed by atoms with Gasteiger partial charge in [-0.05, 0) is 53.4 Å². The molecule has 3 aromatic carbocycles. The molecule has 3 unspecified atom stereocenters. The first kappa shape index (κ1) is 34.0. The van der Waals surface area contributed by atoms with Gasteiger partial charge < -0.3 is 43.2 Å². The topological polar surface area (TPSA) is 133 Å². The Hall–Kier alpha value is -3.93. The second kappa shape index (κ2) is 14.9. The Labute approximate surface area is 283 Å². The third-order valence-electron chi connectivity index (χ3n) is 7.69. The van der Waals surface area contributed by atoms with E-state index < -0.39 is 42.9 Å². The van der Waals surface area contributed by atoms with Crippen LogP contribution in [-0.2, 0) is 19.1 Å².